The molecule has 4 rings (SSSR count). The number of aromatic nitrogens is 1. The number of benzene rings is 1. The maximum absolute atomic E-state index is 12.2. The van der Waals surface area contributed by atoms with Crippen molar-refractivity contribution in [1.29, 1.82) is 0 Å². The van der Waals surface area contributed by atoms with Crippen LogP contribution in [0.3, 0.4) is 0 Å². The van der Waals surface area contributed by atoms with Crippen LogP contribution in [0, 0.1) is 11.8 Å². The highest BCUT2D eigenvalue weighted by Gasteiger charge is 2.43. The number of nitrogens with zero attached hydrogens (tertiary/aromatic N) is 2. The van der Waals surface area contributed by atoms with Gasteiger partial charge in [-0.15, -0.1) is 0 Å². The number of carbonyl (C=O) groups excluding carboxylic acids is 1. The molecule has 0 radical (unpaired) electrons. The van der Waals surface area contributed by atoms with Gasteiger partial charge in [0, 0.05) is 61.0 Å². The first-order valence-electron chi connectivity index (χ1n) is 11.4. The number of halogens is 7. The summed E-state index contributed by atoms with van der Waals surface area (Å²) in [7, 11) is 0. The van der Waals surface area contributed by atoms with Gasteiger partial charge in [-0.3, -0.25) is 14.7 Å². The van der Waals surface area contributed by atoms with Crippen molar-refractivity contribution in [2.24, 2.45) is 11.8 Å². The van der Waals surface area contributed by atoms with E-state index in [0.29, 0.717) is 23.9 Å². The molecule has 2 aliphatic heterocycles. The lowest BCUT2D eigenvalue weighted by molar-refractivity contribution is -0.193. The zero-order valence-corrected chi connectivity index (χ0v) is 21.2. The first kappa shape index (κ1) is 32.8. The molecule has 2 aromatic rings. The fourth-order valence-corrected chi connectivity index (χ4v) is 4.02. The Morgan fingerprint density at radius 1 is 0.950 bits per heavy atom. The van der Waals surface area contributed by atoms with Crippen molar-refractivity contribution in [1.82, 2.24) is 15.2 Å². The third-order valence-corrected chi connectivity index (χ3v) is 6.04. The van der Waals surface area contributed by atoms with E-state index in [1.54, 1.807) is 24.5 Å². The van der Waals surface area contributed by atoms with Gasteiger partial charge >= 0.3 is 24.3 Å². The first-order valence-corrected chi connectivity index (χ1v) is 11.8. The third-order valence-electron chi connectivity index (χ3n) is 5.79. The van der Waals surface area contributed by atoms with Gasteiger partial charge in [0.2, 0.25) is 0 Å². The van der Waals surface area contributed by atoms with Crippen LogP contribution in [0.1, 0.15) is 15.9 Å². The number of ether oxygens (including phenoxy) is 1. The Kier molecular flexibility index (Phi) is 11.7. The van der Waals surface area contributed by atoms with Crippen molar-refractivity contribution >= 4 is 29.4 Å². The molecule has 1 aromatic carbocycles. The predicted octanol–water partition coefficient (Wildman–Crippen LogP) is 3.88. The monoisotopic (exact) mass is 599 g/mol. The van der Waals surface area contributed by atoms with Crippen molar-refractivity contribution < 1.29 is 55.7 Å². The molecule has 0 spiro atoms. The number of hydrogen-bond acceptors (Lipinski definition) is 6. The molecule has 2 fully saturated rings. The van der Waals surface area contributed by atoms with Crippen molar-refractivity contribution in [3.05, 3.63) is 64.9 Å². The fraction of sp³-hybridized carbons (Fsp3) is 0.417. The van der Waals surface area contributed by atoms with Gasteiger partial charge in [0.25, 0.3) is 5.91 Å². The van der Waals surface area contributed by atoms with Gasteiger partial charge in [-0.05, 0) is 29.8 Å². The zero-order chi connectivity index (χ0) is 30.1. The van der Waals surface area contributed by atoms with E-state index >= 15 is 0 Å². The van der Waals surface area contributed by atoms with Crippen LogP contribution >= 0.6 is 11.6 Å². The minimum absolute atomic E-state index is 0.0492. The molecule has 16 heteroatoms. The minimum atomic E-state index is -5.08. The second-order valence-electron chi connectivity index (χ2n) is 8.67. The Hall–Kier alpha value is -3.43. The summed E-state index contributed by atoms with van der Waals surface area (Å²) in [5.41, 5.74) is 1.91. The number of rotatable bonds is 5. The maximum atomic E-state index is 12.2. The van der Waals surface area contributed by atoms with E-state index < -0.39 is 24.3 Å². The topological polar surface area (TPSA) is 129 Å². The molecule has 3 heterocycles. The van der Waals surface area contributed by atoms with E-state index in [9.17, 15) is 31.1 Å². The van der Waals surface area contributed by atoms with Crippen molar-refractivity contribution in [2.45, 2.75) is 25.0 Å². The van der Waals surface area contributed by atoms with Gasteiger partial charge < -0.3 is 20.3 Å². The average Bonchev–Trinajstić information content (AvgIpc) is 3.44. The highest BCUT2D eigenvalue weighted by molar-refractivity contribution is 6.30. The second kappa shape index (κ2) is 14.3. The Morgan fingerprint density at radius 3 is 1.98 bits per heavy atom. The number of aliphatic carboxylic acids is 2. The number of nitrogens with one attached hydrogen (secondary N) is 1. The Balaban J connectivity index is 0.000000333. The van der Waals surface area contributed by atoms with Gasteiger partial charge in [-0.1, -0.05) is 23.7 Å². The number of fused-ring (bicyclic) bond motifs is 1. The van der Waals surface area contributed by atoms with Crippen LogP contribution in [-0.4, -0.2) is 82.6 Å². The summed E-state index contributed by atoms with van der Waals surface area (Å²) in [4.78, 5) is 36.4. The third kappa shape index (κ3) is 10.6. The molecule has 0 aliphatic carbocycles. The van der Waals surface area contributed by atoms with Crippen molar-refractivity contribution in [2.75, 3.05) is 26.2 Å². The van der Waals surface area contributed by atoms with Crippen LogP contribution in [0.4, 0.5) is 26.3 Å². The molecule has 2 saturated heterocycles. The summed E-state index contributed by atoms with van der Waals surface area (Å²) in [5, 5.41) is 18.1. The quantitative estimate of drug-likeness (QED) is 0.442. The smallest absolute Gasteiger partial charge is 0.475 e. The molecule has 1 amide bonds. The number of carbonyl (C=O) groups is 3. The molecule has 40 heavy (non-hydrogen) atoms. The van der Waals surface area contributed by atoms with Crippen LogP contribution < -0.4 is 5.32 Å². The van der Waals surface area contributed by atoms with Crippen LogP contribution in [0.25, 0.3) is 0 Å². The number of hydrogen-bond donors (Lipinski definition) is 3. The summed E-state index contributed by atoms with van der Waals surface area (Å²) >= 11 is 5.96. The summed E-state index contributed by atoms with van der Waals surface area (Å²) in [5.74, 6) is -4.73. The van der Waals surface area contributed by atoms with Crippen LogP contribution in [0.2, 0.25) is 5.02 Å². The molecule has 220 valence electrons. The van der Waals surface area contributed by atoms with Crippen LogP contribution in [0.15, 0.2) is 48.8 Å². The van der Waals surface area contributed by atoms with Gasteiger partial charge in [0.1, 0.15) is 0 Å². The minimum Gasteiger partial charge on any atom is -0.475 e. The summed E-state index contributed by atoms with van der Waals surface area (Å²) in [6.45, 7) is 4.23. The van der Waals surface area contributed by atoms with E-state index in [0.717, 1.165) is 31.3 Å². The largest absolute Gasteiger partial charge is 0.490 e. The summed E-state index contributed by atoms with van der Waals surface area (Å²) in [6.07, 6.45) is -6.63. The molecule has 0 unspecified atom stereocenters. The van der Waals surface area contributed by atoms with Crippen molar-refractivity contribution in [3.63, 3.8) is 0 Å². The Bertz CT molecular complexity index is 1110. The second-order valence-corrected chi connectivity index (χ2v) is 9.10. The molecular weight excluding hydrogens is 576 g/mol. The number of alkyl halides is 6. The van der Waals surface area contributed by atoms with Crippen LogP contribution in [0.5, 0.6) is 0 Å². The SMILES string of the molecule is O=C(NC[C@H]1CO[C@@H]2CN(Cc3ccc(Cl)cc3)C[C@H]12)c1ccncc1.O=C(O)C(F)(F)F.O=C(O)C(F)(F)F. The van der Waals surface area contributed by atoms with Gasteiger partial charge in [-0.2, -0.15) is 26.3 Å². The van der Waals surface area contributed by atoms with Crippen LogP contribution in [-0.2, 0) is 20.9 Å². The zero-order valence-electron chi connectivity index (χ0n) is 20.5. The maximum Gasteiger partial charge on any atom is 0.490 e. The van der Waals surface area contributed by atoms with E-state index in [1.165, 1.54) is 5.56 Å². The lowest BCUT2D eigenvalue weighted by atomic mass is 9.93. The highest BCUT2D eigenvalue weighted by atomic mass is 35.5. The van der Waals surface area contributed by atoms with E-state index in [2.05, 4.69) is 27.3 Å². The molecule has 3 atom stereocenters. The lowest BCUT2D eigenvalue weighted by Crippen LogP contribution is -2.34. The molecule has 2 aliphatic rings. The Morgan fingerprint density at radius 2 is 1.48 bits per heavy atom. The highest BCUT2D eigenvalue weighted by Crippen LogP contribution is 2.34. The van der Waals surface area contributed by atoms with Gasteiger partial charge in [0.05, 0.1) is 12.7 Å². The number of likely N-dealkylation sites (tertiary alicyclic amines) is 1. The molecule has 9 nitrogen and oxygen atoms in total. The van der Waals surface area contributed by atoms with Gasteiger partial charge in [0.15, 0.2) is 0 Å². The van der Waals surface area contributed by atoms with Crippen molar-refractivity contribution in [3.8, 4) is 0 Å². The lowest BCUT2D eigenvalue weighted by Gasteiger charge is -2.20. The van der Waals surface area contributed by atoms with E-state index in [1.807, 2.05) is 12.1 Å². The number of carboxylic acids is 2. The van der Waals surface area contributed by atoms with E-state index in [4.69, 9.17) is 36.1 Å². The number of carboxylic acid groups (broad SMARTS) is 2. The standard InChI is InChI=1S/C20H22ClN3O2.2C2HF3O2/c21-17-3-1-14(2-4-17)10-24-11-18-16(13-26-19(18)12-24)9-23-20(25)15-5-7-22-8-6-15;2*3-2(4,5)1(6)7/h1-8,16,18-19H,9-13H2,(H,23,25);2*(H,6,7)/t16-,18+,19+;;/m0../s1. The average molecular weight is 600 g/mol. The van der Waals surface area contributed by atoms with Gasteiger partial charge in [-0.25, -0.2) is 9.59 Å². The van der Waals surface area contributed by atoms with E-state index in [-0.39, 0.29) is 12.0 Å². The number of pyridine rings is 1. The summed E-state index contributed by atoms with van der Waals surface area (Å²) in [6, 6.07) is 11.5. The predicted molar refractivity (Wildman–Crippen MR) is 127 cm³/mol. The normalized spacial score (nSPS) is 20.3. The molecule has 1 aromatic heterocycles. The fourth-order valence-electron chi connectivity index (χ4n) is 3.90. The number of amides is 1. The summed E-state index contributed by atoms with van der Waals surface area (Å²) < 4.78 is 69.5. The first-order chi connectivity index (χ1) is 18.6. The molecule has 0 saturated carbocycles. The molecule has 0 bridgehead atoms. The Labute approximate surface area is 228 Å². The molecule has 3 N–H and O–H groups in total. The molecular formula is C24H24ClF6N3O6.